The largest absolute Gasteiger partial charge is 0.315 e. The number of nitrogens with one attached hydrogen (secondary N) is 2. The minimum Gasteiger partial charge on any atom is -0.315 e. The van der Waals surface area contributed by atoms with Crippen LogP contribution in [0.1, 0.15) is 20.8 Å². The van der Waals surface area contributed by atoms with Gasteiger partial charge in [-0.25, -0.2) is 13.1 Å². The number of likely N-dealkylation sites (N-methyl/N-ethyl adjacent to an activating group) is 1. The van der Waals surface area contributed by atoms with Crippen LogP contribution in [0.25, 0.3) is 0 Å². The molecule has 0 saturated carbocycles. The van der Waals surface area contributed by atoms with E-state index in [0.29, 0.717) is 6.54 Å². The highest BCUT2D eigenvalue weighted by atomic mass is 32.2. The molecule has 0 aliphatic carbocycles. The summed E-state index contributed by atoms with van der Waals surface area (Å²) in [6, 6.07) is 0. The van der Waals surface area contributed by atoms with Crippen molar-refractivity contribution in [3.8, 4) is 0 Å². The maximum absolute atomic E-state index is 10.9. The average molecular weight is 194 g/mol. The molecule has 0 aliphatic heterocycles. The van der Waals surface area contributed by atoms with E-state index >= 15 is 0 Å². The van der Waals surface area contributed by atoms with Gasteiger partial charge in [-0.1, -0.05) is 6.92 Å². The lowest BCUT2D eigenvalue weighted by Crippen LogP contribution is -2.49. The van der Waals surface area contributed by atoms with Gasteiger partial charge < -0.3 is 5.32 Å². The number of hydrogen-bond donors (Lipinski definition) is 2. The van der Waals surface area contributed by atoms with E-state index < -0.39 is 15.6 Å². The molecular formula is C7H18N2O2S. The topological polar surface area (TPSA) is 58.2 Å². The van der Waals surface area contributed by atoms with Crippen molar-refractivity contribution in [3.05, 3.63) is 0 Å². The van der Waals surface area contributed by atoms with Crippen LogP contribution in [0.2, 0.25) is 0 Å². The second-order valence-corrected chi connectivity index (χ2v) is 5.29. The van der Waals surface area contributed by atoms with Gasteiger partial charge in [0.25, 0.3) is 0 Å². The minimum absolute atomic E-state index is 0.413. The van der Waals surface area contributed by atoms with Crippen molar-refractivity contribution in [2.45, 2.75) is 26.3 Å². The standard InChI is InChI=1S/C7H18N2O2S/c1-5-8-6-7(2,3)9-12(4,10)11/h8-9H,5-6H2,1-4H3. The highest BCUT2D eigenvalue weighted by Crippen LogP contribution is 2.01. The van der Waals surface area contributed by atoms with Crippen LogP contribution in [0.15, 0.2) is 0 Å². The van der Waals surface area contributed by atoms with E-state index in [0.717, 1.165) is 6.54 Å². The number of hydrogen-bond acceptors (Lipinski definition) is 3. The van der Waals surface area contributed by atoms with Crippen molar-refractivity contribution in [1.29, 1.82) is 0 Å². The van der Waals surface area contributed by atoms with Crippen molar-refractivity contribution >= 4 is 10.0 Å². The zero-order valence-electron chi connectivity index (χ0n) is 8.14. The Bertz CT molecular complexity index is 222. The predicted octanol–water partition coefficient (Wildman–Crippen LogP) is -0.0763. The van der Waals surface area contributed by atoms with Gasteiger partial charge in [-0.2, -0.15) is 0 Å². The van der Waals surface area contributed by atoms with Crippen molar-refractivity contribution in [2.24, 2.45) is 0 Å². The van der Waals surface area contributed by atoms with E-state index in [9.17, 15) is 8.42 Å². The highest BCUT2D eigenvalue weighted by Gasteiger charge is 2.20. The molecule has 0 aromatic rings. The Morgan fingerprint density at radius 1 is 1.33 bits per heavy atom. The summed E-state index contributed by atoms with van der Waals surface area (Å²) < 4.78 is 24.3. The van der Waals surface area contributed by atoms with Gasteiger partial charge in [-0.3, -0.25) is 0 Å². The van der Waals surface area contributed by atoms with E-state index in [1.165, 1.54) is 6.26 Å². The summed E-state index contributed by atoms with van der Waals surface area (Å²) in [5, 5.41) is 3.08. The minimum atomic E-state index is -3.10. The molecule has 4 nitrogen and oxygen atoms in total. The Kier molecular flexibility index (Phi) is 4.16. The first-order valence-corrected chi connectivity index (χ1v) is 5.85. The third-order valence-electron chi connectivity index (χ3n) is 1.28. The summed E-state index contributed by atoms with van der Waals surface area (Å²) in [6.07, 6.45) is 1.17. The van der Waals surface area contributed by atoms with Crippen molar-refractivity contribution < 1.29 is 8.42 Å². The molecule has 5 heteroatoms. The quantitative estimate of drug-likeness (QED) is 0.644. The SMILES string of the molecule is CCNCC(C)(C)NS(C)(=O)=O. The second-order valence-electron chi connectivity index (χ2n) is 3.54. The first-order valence-electron chi connectivity index (χ1n) is 3.96. The van der Waals surface area contributed by atoms with Gasteiger partial charge in [0.1, 0.15) is 0 Å². The smallest absolute Gasteiger partial charge is 0.209 e. The molecule has 0 heterocycles. The Morgan fingerprint density at radius 3 is 2.17 bits per heavy atom. The third-order valence-corrected chi connectivity index (χ3v) is 2.20. The molecule has 0 amide bonds. The molecule has 0 unspecified atom stereocenters. The fourth-order valence-corrected chi connectivity index (χ4v) is 2.05. The molecule has 0 aromatic carbocycles. The molecule has 2 N–H and O–H groups in total. The van der Waals surface area contributed by atoms with Crippen molar-refractivity contribution in [2.75, 3.05) is 19.3 Å². The Balaban J connectivity index is 4.04. The van der Waals surface area contributed by atoms with E-state index in [1.54, 1.807) is 0 Å². The zero-order chi connectivity index (χ0) is 9.83. The van der Waals surface area contributed by atoms with Gasteiger partial charge in [-0.05, 0) is 20.4 Å². The summed E-state index contributed by atoms with van der Waals surface area (Å²) >= 11 is 0. The monoisotopic (exact) mass is 194 g/mol. The number of sulfonamides is 1. The summed E-state index contributed by atoms with van der Waals surface area (Å²) in [5.74, 6) is 0. The van der Waals surface area contributed by atoms with Gasteiger partial charge >= 0.3 is 0 Å². The lowest BCUT2D eigenvalue weighted by Gasteiger charge is -2.24. The van der Waals surface area contributed by atoms with E-state index in [4.69, 9.17) is 0 Å². The molecule has 12 heavy (non-hydrogen) atoms. The maximum Gasteiger partial charge on any atom is 0.209 e. The third kappa shape index (κ3) is 6.57. The second kappa shape index (κ2) is 4.20. The Hall–Kier alpha value is -0.130. The highest BCUT2D eigenvalue weighted by molar-refractivity contribution is 7.88. The van der Waals surface area contributed by atoms with Crippen LogP contribution in [-0.4, -0.2) is 33.3 Å². The molecule has 0 aromatic heterocycles. The van der Waals surface area contributed by atoms with Crippen LogP contribution in [0.5, 0.6) is 0 Å². The molecule has 0 saturated heterocycles. The van der Waals surface area contributed by atoms with Crippen LogP contribution in [0, 0.1) is 0 Å². The lowest BCUT2D eigenvalue weighted by atomic mass is 10.1. The van der Waals surface area contributed by atoms with Gasteiger partial charge in [0.05, 0.1) is 6.26 Å². The van der Waals surface area contributed by atoms with Crippen LogP contribution in [-0.2, 0) is 10.0 Å². The van der Waals surface area contributed by atoms with E-state index in [2.05, 4.69) is 10.0 Å². The maximum atomic E-state index is 10.9. The van der Waals surface area contributed by atoms with Crippen LogP contribution < -0.4 is 10.0 Å². The van der Waals surface area contributed by atoms with Crippen LogP contribution >= 0.6 is 0 Å². The van der Waals surface area contributed by atoms with Crippen molar-refractivity contribution in [3.63, 3.8) is 0 Å². The summed E-state index contributed by atoms with van der Waals surface area (Å²) in [6.45, 7) is 7.15. The summed E-state index contributed by atoms with van der Waals surface area (Å²) in [7, 11) is -3.10. The van der Waals surface area contributed by atoms with E-state index in [-0.39, 0.29) is 0 Å². The fourth-order valence-electron chi connectivity index (χ4n) is 0.975. The molecular weight excluding hydrogens is 176 g/mol. The molecule has 0 rings (SSSR count). The average Bonchev–Trinajstić information content (AvgIpc) is 1.78. The predicted molar refractivity (Wildman–Crippen MR) is 50.6 cm³/mol. The molecule has 0 atom stereocenters. The molecule has 0 bridgehead atoms. The lowest BCUT2D eigenvalue weighted by molar-refractivity contribution is 0.426. The molecule has 74 valence electrons. The summed E-state index contributed by atoms with van der Waals surface area (Å²) in [4.78, 5) is 0. The van der Waals surface area contributed by atoms with E-state index in [1.807, 2.05) is 20.8 Å². The first kappa shape index (κ1) is 11.9. The first-order chi connectivity index (χ1) is 5.27. The van der Waals surface area contributed by atoms with Gasteiger partial charge in [-0.15, -0.1) is 0 Å². The van der Waals surface area contributed by atoms with Crippen molar-refractivity contribution in [1.82, 2.24) is 10.0 Å². The normalized spacial score (nSPS) is 13.3. The van der Waals surface area contributed by atoms with Crippen LogP contribution in [0.4, 0.5) is 0 Å². The fraction of sp³-hybridized carbons (Fsp3) is 1.00. The molecule has 0 aliphatic rings. The number of rotatable bonds is 5. The van der Waals surface area contributed by atoms with Gasteiger partial charge in [0.15, 0.2) is 0 Å². The summed E-state index contributed by atoms with van der Waals surface area (Å²) in [5.41, 5.74) is -0.413. The molecule has 0 fully saturated rings. The van der Waals surface area contributed by atoms with Crippen LogP contribution in [0.3, 0.4) is 0 Å². The zero-order valence-corrected chi connectivity index (χ0v) is 8.96. The molecule has 0 radical (unpaired) electrons. The van der Waals surface area contributed by atoms with Gasteiger partial charge in [0.2, 0.25) is 10.0 Å². The Labute approximate surface area is 74.8 Å². The Morgan fingerprint density at radius 2 is 1.83 bits per heavy atom. The molecule has 0 spiro atoms. The van der Waals surface area contributed by atoms with Gasteiger partial charge in [0, 0.05) is 12.1 Å².